The highest BCUT2D eigenvalue weighted by Crippen LogP contribution is 2.06. The van der Waals surface area contributed by atoms with Gasteiger partial charge in [0.15, 0.2) is 0 Å². The summed E-state index contributed by atoms with van der Waals surface area (Å²) in [4.78, 5) is 4.13. The van der Waals surface area contributed by atoms with Gasteiger partial charge in [0, 0.05) is 43.8 Å². The molecule has 0 bridgehead atoms. The van der Waals surface area contributed by atoms with Crippen LogP contribution in [0.1, 0.15) is 5.69 Å². The lowest BCUT2D eigenvalue weighted by Gasteiger charge is -2.20. The van der Waals surface area contributed by atoms with Crippen LogP contribution < -0.4 is 0 Å². The highest BCUT2D eigenvalue weighted by molar-refractivity contribution is 9.09. The van der Waals surface area contributed by atoms with Gasteiger partial charge in [0.05, 0.1) is 12.4 Å². The number of aromatic nitrogens is 1. The molecule has 1 rings (SSSR count). The zero-order chi connectivity index (χ0) is 14.1. The van der Waals surface area contributed by atoms with E-state index in [4.69, 9.17) is 4.74 Å². The van der Waals surface area contributed by atoms with Gasteiger partial charge in [0.2, 0.25) is 10.0 Å². The van der Waals surface area contributed by atoms with E-state index < -0.39 is 10.0 Å². The summed E-state index contributed by atoms with van der Waals surface area (Å²) in [5, 5.41) is 0.611. The Labute approximate surface area is 123 Å². The second-order valence-electron chi connectivity index (χ2n) is 3.97. The van der Waals surface area contributed by atoms with Crippen LogP contribution in [0.4, 0.5) is 0 Å². The van der Waals surface area contributed by atoms with E-state index in [1.807, 2.05) is 18.2 Å². The fourth-order valence-corrected chi connectivity index (χ4v) is 3.70. The van der Waals surface area contributed by atoms with Gasteiger partial charge in [-0.15, -0.1) is 0 Å². The number of methoxy groups -OCH3 is 1. The fourth-order valence-electron chi connectivity index (χ4n) is 1.59. The maximum Gasteiger partial charge on any atom is 0.214 e. The van der Waals surface area contributed by atoms with Gasteiger partial charge in [-0.3, -0.25) is 4.98 Å². The summed E-state index contributed by atoms with van der Waals surface area (Å²) in [5.41, 5.74) is 0.789. The third-order valence-electron chi connectivity index (χ3n) is 2.61. The molecule has 1 aromatic heterocycles. The van der Waals surface area contributed by atoms with Crippen LogP contribution in [0.15, 0.2) is 24.4 Å². The number of aryl methyl sites for hydroxylation is 1. The van der Waals surface area contributed by atoms with Crippen LogP contribution in [0, 0.1) is 0 Å². The standard InChI is InChI=1S/C12H19BrN2O3S/c1-18-10-9-15(8-6-13)19(16,17)11-5-12-4-2-3-7-14-12/h2-4,7H,5-6,8-11H2,1H3. The van der Waals surface area contributed by atoms with E-state index in [-0.39, 0.29) is 5.75 Å². The molecule has 0 radical (unpaired) electrons. The Hall–Kier alpha value is -0.500. The van der Waals surface area contributed by atoms with Crippen molar-refractivity contribution < 1.29 is 13.2 Å². The quantitative estimate of drug-likeness (QED) is 0.630. The molecular formula is C12H19BrN2O3S. The predicted octanol–water partition coefficient (Wildman–Crippen LogP) is 1.30. The van der Waals surface area contributed by atoms with Gasteiger partial charge in [-0.25, -0.2) is 8.42 Å². The van der Waals surface area contributed by atoms with Gasteiger partial charge >= 0.3 is 0 Å². The van der Waals surface area contributed by atoms with Crippen LogP contribution in [0.5, 0.6) is 0 Å². The number of pyridine rings is 1. The second kappa shape index (κ2) is 8.63. The molecule has 0 unspecified atom stereocenters. The van der Waals surface area contributed by atoms with Crippen LogP contribution >= 0.6 is 15.9 Å². The molecule has 0 amide bonds. The maximum absolute atomic E-state index is 12.2. The van der Waals surface area contributed by atoms with Gasteiger partial charge in [-0.2, -0.15) is 4.31 Å². The number of alkyl halides is 1. The Balaban J connectivity index is 2.61. The number of rotatable bonds is 9. The van der Waals surface area contributed by atoms with Crippen molar-refractivity contribution >= 4 is 26.0 Å². The van der Waals surface area contributed by atoms with Gasteiger partial charge in [0.25, 0.3) is 0 Å². The molecule has 1 aromatic rings. The maximum atomic E-state index is 12.2. The molecule has 108 valence electrons. The zero-order valence-corrected chi connectivity index (χ0v) is 13.4. The molecule has 0 aliphatic carbocycles. The van der Waals surface area contributed by atoms with Crippen molar-refractivity contribution in [2.45, 2.75) is 6.42 Å². The SMILES string of the molecule is COCCN(CCBr)S(=O)(=O)CCc1ccccn1. The van der Waals surface area contributed by atoms with E-state index in [1.54, 1.807) is 13.3 Å². The summed E-state index contributed by atoms with van der Waals surface area (Å²) in [6, 6.07) is 5.50. The van der Waals surface area contributed by atoms with E-state index in [1.165, 1.54) is 4.31 Å². The molecule has 0 N–H and O–H groups in total. The molecule has 0 aromatic carbocycles. The van der Waals surface area contributed by atoms with Crippen LogP contribution in [0.3, 0.4) is 0 Å². The molecule has 1 heterocycles. The Morgan fingerprint density at radius 2 is 2.16 bits per heavy atom. The van der Waals surface area contributed by atoms with E-state index in [2.05, 4.69) is 20.9 Å². The second-order valence-corrected chi connectivity index (χ2v) is 6.85. The first-order valence-electron chi connectivity index (χ1n) is 6.03. The molecule has 0 atom stereocenters. The first kappa shape index (κ1) is 16.6. The molecule has 5 nitrogen and oxygen atoms in total. The number of hydrogen-bond donors (Lipinski definition) is 0. The monoisotopic (exact) mass is 350 g/mol. The lowest BCUT2D eigenvalue weighted by molar-refractivity contribution is 0.181. The minimum atomic E-state index is -3.27. The van der Waals surface area contributed by atoms with E-state index in [0.29, 0.717) is 31.4 Å². The number of hydrogen-bond acceptors (Lipinski definition) is 4. The van der Waals surface area contributed by atoms with Gasteiger partial charge in [-0.1, -0.05) is 22.0 Å². The largest absolute Gasteiger partial charge is 0.383 e. The van der Waals surface area contributed by atoms with Crippen LogP contribution in [0.25, 0.3) is 0 Å². The summed E-state index contributed by atoms with van der Waals surface area (Å²) in [5.74, 6) is 0.0702. The number of halogens is 1. The average molecular weight is 351 g/mol. The third-order valence-corrected chi connectivity index (χ3v) is 4.84. The fraction of sp³-hybridized carbons (Fsp3) is 0.583. The van der Waals surface area contributed by atoms with Gasteiger partial charge < -0.3 is 4.74 Å². The summed E-state index contributed by atoms with van der Waals surface area (Å²) >= 11 is 3.27. The zero-order valence-electron chi connectivity index (χ0n) is 11.0. The van der Waals surface area contributed by atoms with E-state index in [9.17, 15) is 8.42 Å². The third kappa shape index (κ3) is 5.99. The topological polar surface area (TPSA) is 59.5 Å². The van der Waals surface area contributed by atoms with Crippen LogP contribution in [0.2, 0.25) is 0 Å². The Morgan fingerprint density at radius 3 is 2.74 bits per heavy atom. The van der Waals surface area contributed by atoms with Crippen molar-refractivity contribution in [2.75, 3.05) is 37.9 Å². The average Bonchev–Trinajstić information content (AvgIpc) is 2.42. The molecule has 0 fully saturated rings. The minimum absolute atomic E-state index is 0.0702. The summed E-state index contributed by atoms with van der Waals surface area (Å²) in [6.07, 6.45) is 2.10. The highest BCUT2D eigenvalue weighted by atomic mass is 79.9. The van der Waals surface area contributed by atoms with Crippen molar-refractivity contribution in [3.05, 3.63) is 30.1 Å². The number of ether oxygens (including phenoxy) is 1. The normalized spacial score (nSPS) is 11.9. The lowest BCUT2D eigenvalue weighted by Crippen LogP contribution is -2.37. The Bertz CT molecular complexity index is 453. The Morgan fingerprint density at radius 1 is 1.37 bits per heavy atom. The van der Waals surface area contributed by atoms with Crippen LogP contribution in [-0.4, -0.2) is 55.6 Å². The number of sulfonamides is 1. The first-order chi connectivity index (χ1) is 9.10. The molecule has 0 aliphatic rings. The van der Waals surface area contributed by atoms with Gasteiger partial charge in [-0.05, 0) is 12.1 Å². The summed E-state index contributed by atoms with van der Waals surface area (Å²) < 4.78 is 30.8. The van der Waals surface area contributed by atoms with Gasteiger partial charge in [0.1, 0.15) is 0 Å². The first-order valence-corrected chi connectivity index (χ1v) is 8.76. The van der Waals surface area contributed by atoms with Crippen LogP contribution in [-0.2, 0) is 21.2 Å². The van der Waals surface area contributed by atoms with E-state index >= 15 is 0 Å². The minimum Gasteiger partial charge on any atom is -0.383 e. The molecule has 19 heavy (non-hydrogen) atoms. The Kier molecular flexibility index (Phi) is 7.52. The molecule has 0 saturated carbocycles. The molecule has 0 aliphatic heterocycles. The summed E-state index contributed by atoms with van der Waals surface area (Å²) in [6.45, 7) is 1.23. The lowest BCUT2D eigenvalue weighted by atomic mass is 10.3. The van der Waals surface area contributed by atoms with Crippen molar-refractivity contribution in [3.8, 4) is 0 Å². The van der Waals surface area contributed by atoms with Crippen molar-refractivity contribution in [3.63, 3.8) is 0 Å². The number of nitrogens with zero attached hydrogens (tertiary/aromatic N) is 2. The van der Waals surface area contributed by atoms with Crippen molar-refractivity contribution in [1.82, 2.24) is 9.29 Å². The van der Waals surface area contributed by atoms with Crippen molar-refractivity contribution in [2.24, 2.45) is 0 Å². The smallest absolute Gasteiger partial charge is 0.214 e. The molecule has 0 spiro atoms. The summed E-state index contributed by atoms with van der Waals surface area (Å²) in [7, 11) is -1.71. The molecule has 0 saturated heterocycles. The van der Waals surface area contributed by atoms with E-state index in [0.717, 1.165) is 5.69 Å². The van der Waals surface area contributed by atoms with Crippen molar-refractivity contribution in [1.29, 1.82) is 0 Å². The molecule has 7 heteroatoms. The highest BCUT2D eigenvalue weighted by Gasteiger charge is 2.21. The molecular weight excluding hydrogens is 332 g/mol. The predicted molar refractivity (Wildman–Crippen MR) is 79.0 cm³/mol.